The fraction of sp³-hybridized carbons (Fsp3) is 0.154. The van der Waals surface area contributed by atoms with Crippen molar-refractivity contribution < 1.29 is 18.7 Å². The van der Waals surface area contributed by atoms with Crippen molar-refractivity contribution in [2.45, 2.75) is 13.8 Å². The lowest BCUT2D eigenvalue weighted by Crippen LogP contribution is -2.10. The van der Waals surface area contributed by atoms with Crippen LogP contribution in [0.5, 0.6) is 0 Å². The van der Waals surface area contributed by atoms with Crippen LogP contribution in [0.4, 0.5) is 0 Å². The molecular formula is C13H10O6. The van der Waals surface area contributed by atoms with Gasteiger partial charge in [0.2, 0.25) is 0 Å². The van der Waals surface area contributed by atoms with Crippen LogP contribution in [0.2, 0.25) is 0 Å². The standard InChI is InChI=1S/C13H10O6/c1-6(14)3-10(15)8-5-9-11(19-12(8)16)4-7(2)18-13(9)17/h3-5,15H,1-2H3/b10-3-. The van der Waals surface area contributed by atoms with Crippen LogP contribution in [0.3, 0.4) is 0 Å². The summed E-state index contributed by atoms with van der Waals surface area (Å²) < 4.78 is 9.79. The Labute approximate surface area is 106 Å². The molecule has 0 spiro atoms. The van der Waals surface area contributed by atoms with Gasteiger partial charge in [0.05, 0.1) is 0 Å². The summed E-state index contributed by atoms with van der Waals surface area (Å²) in [6.45, 7) is 2.76. The normalized spacial score (nSPS) is 11.8. The number of hydrogen-bond donors (Lipinski definition) is 1. The molecule has 0 saturated carbocycles. The Hall–Kier alpha value is -2.63. The minimum atomic E-state index is -0.840. The summed E-state index contributed by atoms with van der Waals surface area (Å²) >= 11 is 0. The molecule has 2 aromatic heterocycles. The molecule has 0 amide bonds. The molecule has 2 heterocycles. The van der Waals surface area contributed by atoms with Gasteiger partial charge in [-0.1, -0.05) is 0 Å². The van der Waals surface area contributed by atoms with Crippen molar-refractivity contribution >= 4 is 22.5 Å². The van der Waals surface area contributed by atoms with Crippen LogP contribution in [-0.4, -0.2) is 10.9 Å². The third-order valence-electron chi connectivity index (χ3n) is 2.40. The number of carbonyl (C=O) groups is 1. The van der Waals surface area contributed by atoms with Gasteiger partial charge in [-0.2, -0.15) is 0 Å². The average molecular weight is 262 g/mol. The minimum Gasteiger partial charge on any atom is -0.507 e. The van der Waals surface area contributed by atoms with Crippen LogP contribution in [-0.2, 0) is 4.79 Å². The summed E-state index contributed by atoms with van der Waals surface area (Å²) in [5.41, 5.74) is -1.72. The van der Waals surface area contributed by atoms with Gasteiger partial charge < -0.3 is 13.9 Å². The van der Waals surface area contributed by atoms with E-state index in [9.17, 15) is 19.5 Å². The molecule has 98 valence electrons. The molecule has 0 fully saturated rings. The van der Waals surface area contributed by atoms with Crippen LogP contribution in [0, 0.1) is 6.92 Å². The molecular weight excluding hydrogens is 252 g/mol. The number of aryl methyl sites for hydroxylation is 1. The molecule has 2 rings (SSSR count). The number of aliphatic hydroxyl groups excluding tert-OH is 1. The van der Waals surface area contributed by atoms with Gasteiger partial charge in [-0.25, -0.2) is 9.59 Å². The number of aliphatic hydroxyl groups is 1. The second-order valence-electron chi connectivity index (χ2n) is 4.01. The largest absolute Gasteiger partial charge is 0.507 e. The SMILES string of the molecule is CC(=O)/C=C(\O)c1cc2c(=O)oc(C)cc2oc1=O. The van der Waals surface area contributed by atoms with Gasteiger partial charge in [-0.05, 0) is 19.9 Å². The van der Waals surface area contributed by atoms with E-state index < -0.39 is 22.8 Å². The molecule has 0 atom stereocenters. The van der Waals surface area contributed by atoms with E-state index in [0.29, 0.717) is 5.76 Å². The fourth-order valence-electron chi connectivity index (χ4n) is 1.62. The minimum absolute atomic E-state index is 0.0173. The van der Waals surface area contributed by atoms with Crippen molar-refractivity contribution in [1.29, 1.82) is 0 Å². The van der Waals surface area contributed by atoms with Gasteiger partial charge in [0.15, 0.2) is 5.78 Å². The second-order valence-corrected chi connectivity index (χ2v) is 4.01. The number of rotatable bonds is 2. The van der Waals surface area contributed by atoms with Crippen molar-refractivity contribution in [1.82, 2.24) is 0 Å². The molecule has 6 heteroatoms. The lowest BCUT2D eigenvalue weighted by atomic mass is 10.1. The number of carbonyl (C=O) groups excluding carboxylic acids is 1. The topological polar surface area (TPSA) is 97.7 Å². The number of ketones is 1. The van der Waals surface area contributed by atoms with Gasteiger partial charge in [0.25, 0.3) is 0 Å². The van der Waals surface area contributed by atoms with Crippen LogP contribution in [0.25, 0.3) is 16.7 Å². The highest BCUT2D eigenvalue weighted by Gasteiger charge is 2.13. The molecule has 1 N–H and O–H groups in total. The summed E-state index contributed by atoms with van der Waals surface area (Å²) in [5, 5.41) is 9.64. The second kappa shape index (κ2) is 4.56. The quantitative estimate of drug-likeness (QED) is 0.651. The summed E-state index contributed by atoms with van der Waals surface area (Å²) in [6.07, 6.45) is 0.869. The van der Waals surface area contributed by atoms with E-state index in [1.54, 1.807) is 6.92 Å². The van der Waals surface area contributed by atoms with E-state index in [4.69, 9.17) is 8.83 Å². The maximum Gasteiger partial charge on any atom is 0.347 e. The highest BCUT2D eigenvalue weighted by Crippen LogP contribution is 2.15. The molecule has 0 aliphatic rings. The molecule has 6 nitrogen and oxygen atoms in total. The Kier molecular flexibility index (Phi) is 3.08. The van der Waals surface area contributed by atoms with Crippen LogP contribution in [0.1, 0.15) is 18.2 Å². The van der Waals surface area contributed by atoms with Gasteiger partial charge in [-0.3, -0.25) is 4.79 Å². The molecule has 2 aromatic rings. The Morgan fingerprint density at radius 3 is 2.53 bits per heavy atom. The van der Waals surface area contributed by atoms with Crippen molar-refractivity contribution in [3.63, 3.8) is 0 Å². The number of fused-ring (bicyclic) bond motifs is 1. The van der Waals surface area contributed by atoms with Crippen molar-refractivity contribution in [2.75, 3.05) is 0 Å². The van der Waals surface area contributed by atoms with E-state index in [0.717, 1.165) is 12.1 Å². The average Bonchev–Trinajstić information content (AvgIpc) is 2.26. The summed E-state index contributed by atoms with van der Waals surface area (Å²) in [6, 6.07) is 2.54. The molecule has 0 radical (unpaired) electrons. The van der Waals surface area contributed by atoms with Crippen molar-refractivity contribution in [3.05, 3.63) is 50.4 Å². The maximum atomic E-state index is 11.7. The highest BCUT2D eigenvalue weighted by atomic mass is 16.4. The first-order chi connectivity index (χ1) is 8.88. The maximum absolute atomic E-state index is 11.7. The number of hydrogen-bond acceptors (Lipinski definition) is 6. The van der Waals surface area contributed by atoms with E-state index >= 15 is 0 Å². The number of allylic oxidation sites excluding steroid dienone is 1. The predicted molar refractivity (Wildman–Crippen MR) is 67.0 cm³/mol. The van der Waals surface area contributed by atoms with E-state index in [-0.39, 0.29) is 16.5 Å². The molecule has 0 unspecified atom stereocenters. The van der Waals surface area contributed by atoms with E-state index in [2.05, 4.69) is 0 Å². The summed E-state index contributed by atoms with van der Waals surface area (Å²) in [5.74, 6) is -0.687. The van der Waals surface area contributed by atoms with Crippen LogP contribution < -0.4 is 11.3 Å². The van der Waals surface area contributed by atoms with Crippen molar-refractivity contribution in [2.24, 2.45) is 0 Å². The molecule has 0 aromatic carbocycles. The third kappa shape index (κ3) is 2.47. The lowest BCUT2D eigenvalue weighted by molar-refractivity contribution is -0.112. The van der Waals surface area contributed by atoms with Gasteiger partial charge in [0.1, 0.15) is 28.1 Å². The predicted octanol–water partition coefficient (Wildman–Crippen LogP) is 1.54. The molecule has 19 heavy (non-hydrogen) atoms. The van der Waals surface area contributed by atoms with Gasteiger partial charge >= 0.3 is 11.3 Å². The van der Waals surface area contributed by atoms with Gasteiger partial charge in [-0.15, -0.1) is 0 Å². The molecule has 0 aliphatic carbocycles. The third-order valence-corrected chi connectivity index (χ3v) is 2.40. The Balaban J connectivity index is 2.79. The van der Waals surface area contributed by atoms with Gasteiger partial charge in [0, 0.05) is 12.1 Å². The highest BCUT2D eigenvalue weighted by molar-refractivity contribution is 5.94. The monoisotopic (exact) mass is 262 g/mol. The zero-order valence-corrected chi connectivity index (χ0v) is 10.2. The summed E-state index contributed by atoms with van der Waals surface area (Å²) in [4.78, 5) is 34.1. The first-order valence-electron chi connectivity index (χ1n) is 5.38. The zero-order chi connectivity index (χ0) is 14.2. The molecule has 0 saturated heterocycles. The Morgan fingerprint density at radius 2 is 1.89 bits per heavy atom. The molecule has 0 aliphatic heterocycles. The van der Waals surface area contributed by atoms with Crippen LogP contribution >= 0.6 is 0 Å². The Bertz CT molecular complexity index is 806. The van der Waals surface area contributed by atoms with E-state index in [1.165, 1.54) is 13.0 Å². The zero-order valence-electron chi connectivity index (χ0n) is 10.2. The first-order valence-corrected chi connectivity index (χ1v) is 5.38. The van der Waals surface area contributed by atoms with Crippen LogP contribution in [0.15, 0.2) is 36.6 Å². The molecule has 0 bridgehead atoms. The van der Waals surface area contributed by atoms with Crippen molar-refractivity contribution in [3.8, 4) is 0 Å². The lowest BCUT2D eigenvalue weighted by Gasteiger charge is -2.01. The van der Waals surface area contributed by atoms with E-state index in [1.807, 2.05) is 0 Å². The summed E-state index contributed by atoms with van der Waals surface area (Å²) in [7, 11) is 0. The smallest absolute Gasteiger partial charge is 0.347 e. The fourth-order valence-corrected chi connectivity index (χ4v) is 1.62. The first kappa shape index (κ1) is 12.8. The Morgan fingerprint density at radius 1 is 1.21 bits per heavy atom.